The van der Waals surface area contributed by atoms with Gasteiger partial charge in [-0.05, 0) is 30.3 Å². The summed E-state index contributed by atoms with van der Waals surface area (Å²) in [6, 6.07) is 7.64. The summed E-state index contributed by atoms with van der Waals surface area (Å²) in [5.74, 6) is -1.42. The number of hydrogen-bond donors (Lipinski definition) is 3. The van der Waals surface area contributed by atoms with Crippen molar-refractivity contribution in [2.45, 2.75) is 0 Å². The van der Waals surface area contributed by atoms with Crippen LogP contribution in [-0.4, -0.2) is 15.5 Å². The molecule has 6 nitrogen and oxygen atoms in total. The van der Waals surface area contributed by atoms with Crippen molar-refractivity contribution in [3.05, 3.63) is 52.0 Å². The molecule has 126 valence electrons. The van der Waals surface area contributed by atoms with Crippen molar-refractivity contribution in [1.29, 1.82) is 5.26 Å². The highest BCUT2D eigenvalue weighted by Crippen LogP contribution is 2.32. The second-order valence-electron chi connectivity index (χ2n) is 4.55. The molecule has 0 bridgehead atoms. The molecule has 0 spiro atoms. The van der Waals surface area contributed by atoms with E-state index in [4.69, 9.17) is 5.26 Å². The molecule has 0 heterocycles. The topological polar surface area (TPSA) is 94.0 Å². The first-order valence-electron chi connectivity index (χ1n) is 6.42. The summed E-state index contributed by atoms with van der Waals surface area (Å²) in [6.45, 7) is 0. The van der Waals surface area contributed by atoms with Crippen LogP contribution >= 0.6 is 15.9 Å². The van der Waals surface area contributed by atoms with E-state index in [9.17, 15) is 17.2 Å². The molecule has 0 saturated heterocycles. The second kappa shape index (κ2) is 7.12. The lowest BCUT2D eigenvalue weighted by Crippen LogP contribution is -2.27. The smallest absolute Gasteiger partial charge is 0.298 e. The standard InChI is InChI=1S/C14H11BrF2N4O2S/c1-19-24(22,23)21-14-8(7-18)4-10(16)6-13(14)20-12-3-2-9(15)5-11(12)17/h2-6,19-21H,1H3. The Balaban J connectivity index is 2.55. The van der Waals surface area contributed by atoms with Crippen molar-refractivity contribution in [3.63, 3.8) is 0 Å². The van der Waals surface area contributed by atoms with E-state index in [1.54, 1.807) is 12.1 Å². The Morgan fingerprint density at radius 3 is 2.46 bits per heavy atom. The third-order valence-electron chi connectivity index (χ3n) is 2.93. The molecule has 2 aromatic rings. The highest BCUT2D eigenvalue weighted by molar-refractivity contribution is 9.10. The normalized spacial score (nSPS) is 11.0. The Bertz CT molecular complexity index is 929. The number of nitriles is 1. The minimum absolute atomic E-state index is 0.0161. The van der Waals surface area contributed by atoms with Gasteiger partial charge in [-0.15, -0.1) is 0 Å². The van der Waals surface area contributed by atoms with Gasteiger partial charge in [-0.1, -0.05) is 15.9 Å². The molecule has 0 aliphatic rings. The molecular formula is C14H11BrF2N4O2S. The molecule has 0 aromatic heterocycles. The molecule has 0 aliphatic carbocycles. The van der Waals surface area contributed by atoms with Crippen LogP contribution < -0.4 is 14.8 Å². The van der Waals surface area contributed by atoms with Crippen molar-refractivity contribution in [2.75, 3.05) is 17.1 Å². The lowest BCUT2D eigenvalue weighted by molar-refractivity contribution is 0.593. The molecular weight excluding hydrogens is 406 g/mol. The van der Waals surface area contributed by atoms with Gasteiger partial charge in [0.05, 0.1) is 22.6 Å². The monoisotopic (exact) mass is 416 g/mol. The van der Waals surface area contributed by atoms with Crippen LogP contribution in [0, 0.1) is 23.0 Å². The molecule has 2 aromatic carbocycles. The molecule has 0 fully saturated rings. The number of nitrogens with zero attached hydrogens (tertiary/aromatic N) is 1. The number of anilines is 3. The fourth-order valence-corrected chi connectivity index (χ4v) is 2.75. The van der Waals surface area contributed by atoms with Crippen molar-refractivity contribution in [1.82, 2.24) is 4.72 Å². The summed E-state index contributed by atoms with van der Waals surface area (Å²) >= 11 is 3.11. The predicted octanol–water partition coefficient (Wildman–Crippen LogP) is 3.22. The van der Waals surface area contributed by atoms with Crippen LogP contribution in [0.2, 0.25) is 0 Å². The predicted molar refractivity (Wildman–Crippen MR) is 90.1 cm³/mol. The molecule has 0 radical (unpaired) electrons. The Morgan fingerprint density at radius 1 is 1.17 bits per heavy atom. The van der Waals surface area contributed by atoms with Gasteiger partial charge in [0, 0.05) is 11.5 Å². The summed E-state index contributed by atoms with van der Waals surface area (Å²) in [6.07, 6.45) is 0. The van der Waals surface area contributed by atoms with Gasteiger partial charge >= 0.3 is 0 Å². The van der Waals surface area contributed by atoms with Crippen molar-refractivity contribution < 1.29 is 17.2 Å². The molecule has 0 unspecified atom stereocenters. The summed E-state index contributed by atoms with van der Waals surface area (Å²) in [4.78, 5) is 0. The van der Waals surface area contributed by atoms with Crippen molar-refractivity contribution >= 4 is 43.2 Å². The SMILES string of the molecule is CNS(=O)(=O)Nc1c(C#N)cc(F)cc1Nc1ccc(Br)cc1F. The van der Waals surface area contributed by atoms with E-state index in [2.05, 4.69) is 26.0 Å². The quantitative estimate of drug-likeness (QED) is 0.697. The maximum absolute atomic E-state index is 14.0. The van der Waals surface area contributed by atoms with E-state index in [0.717, 1.165) is 12.1 Å². The average molecular weight is 417 g/mol. The average Bonchev–Trinajstić information content (AvgIpc) is 2.52. The first kappa shape index (κ1) is 18.1. The number of halogens is 3. The number of benzene rings is 2. The van der Waals surface area contributed by atoms with E-state index in [-0.39, 0.29) is 22.6 Å². The van der Waals surface area contributed by atoms with E-state index in [1.165, 1.54) is 19.2 Å². The molecule has 3 N–H and O–H groups in total. The van der Waals surface area contributed by atoms with E-state index in [1.807, 2.05) is 4.72 Å². The van der Waals surface area contributed by atoms with Gasteiger partial charge in [-0.25, -0.2) is 13.5 Å². The third kappa shape index (κ3) is 4.19. The van der Waals surface area contributed by atoms with Crippen molar-refractivity contribution in [3.8, 4) is 6.07 Å². The Kier molecular flexibility index (Phi) is 5.38. The van der Waals surface area contributed by atoms with Crippen LogP contribution in [0.5, 0.6) is 0 Å². The highest BCUT2D eigenvalue weighted by Gasteiger charge is 2.17. The largest absolute Gasteiger partial charge is 0.351 e. The molecule has 0 atom stereocenters. The fraction of sp³-hybridized carbons (Fsp3) is 0.0714. The maximum Gasteiger partial charge on any atom is 0.298 e. The van der Waals surface area contributed by atoms with Crippen LogP contribution in [0.25, 0.3) is 0 Å². The first-order chi connectivity index (χ1) is 11.3. The molecule has 0 amide bonds. The lowest BCUT2D eigenvalue weighted by atomic mass is 10.1. The number of rotatable bonds is 5. The number of hydrogen-bond acceptors (Lipinski definition) is 4. The van der Waals surface area contributed by atoms with Gasteiger partial charge in [0.25, 0.3) is 10.2 Å². The van der Waals surface area contributed by atoms with Crippen LogP contribution in [0.15, 0.2) is 34.8 Å². The zero-order valence-corrected chi connectivity index (χ0v) is 14.6. The maximum atomic E-state index is 14.0. The van der Waals surface area contributed by atoms with Gasteiger partial charge in [0.2, 0.25) is 0 Å². The summed E-state index contributed by atoms with van der Waals surface area (Å²) in [5.41, 5.74) is -0.575. The number of nitrogens with one attached hydrogen (secondary N) is 3. The van der Waals surface area contributed by atoms with Crippen LogP contribution in [0.4, 0.5) is 25.8 Å². The van der Waals surface area contributed by atoms with Crippen molar-refractivity contribution in [2.24, 2.45) is 0 Å². The molecule has 0 aliphatic heterocycles. The fourth-order valence-electron chi connectivity index (χ4n) is 1.82. The summed E-state index contributed by atoms with van der Waals surface area (Å²) < 4.78 is 55.7. The lowest BCUT2D eigenvalue weighted by Gasteiger charge is -2.16. The highest BCUT2D eigenvalue weighted by atomic mass is 79.9. The second-order valence-corrected chi connectivity index (χ2v) is 7.08. The van der Waals surface area contributed by atoms with E-state index >= 15 is 0 Å². The van der Waals surface area contributed by atoms with Crippen LogP contribution in [0.3, 0.4) is 0 Å². The third-order valence-corrected chi connectivity index (χ3v) is 4.43. The Morgan fingerprint density at radius 2 is 1.88 bits per heavy atom. The molecule has 2 rings (SSSR count). The zero-order chi connectivity index (χ0) is 17.9. The molecule has 24 heavy (non-hydrogen) atoms. The van der Waals surface area contributed by atoms with E-state index in [0.29, 0.717) is 4.47 Å². The van der Waals surface area contributed by atoms with E-state index < -0.39 is 21.8 Å². The Labute approximate surface area is 145 Å². The minimum atomic E-state index is -3.96. The first-order valence-corrected chi connectivity index (χ1v) is 8.70. The van der Waals surface area contributed by atoms with Gasteiger partial charge in [-0.3, -0.25) is 4.72 Å². The molecule has 0 saturated carbocycles. The van der Waals surface area contributed by atoms with Crippen LogP contribution in [-0.2, 0) is 10.2 Å². The van der Waals surface area contributed by atoms with Crippen LogP contribution in [0.1, 0.15) is 5.56 Å². The Hall–Kier alpha value is -2.22. The van der Waals surface area contributed by atoms with Gasteiger partial charge < -0.3 is 5.32 Å². The van der Waals surface area contributed by atoms with Gasteiger partial charge in [-0.2, -0.15) is 13.7 Å². The zero-order valence-electron chi connectivity index (χ0n) is 12.2. The minimum Gasteiger partial charge on any atom is -0.351 e. The van der Waals surface area contributed by atoms with Gasteiger partial charge in [0.1, 0.15) is 17.7 Å². The molecule has 10 heteroatoms. The summed E-state index contributed by atoms with van der Waals surface area (Å²) in [5, 5.41) is 11.7. The van der Waals surface area contributed by atoms with Gasteiger partial charge in [0.15, 0.2) is 0 Å². The summed E-state index contributed by atoms with van der Waals surface area (Å²) in [7, 11) is -2.80.